The Labute approximate surface area is 168 Å². The number of carbonyl (C=O) groups is 1. The Kier molecular flexibility index (Phi) is 15.0. The molecule has 0 radical (unpaired) electrons. The van der Waals surface area contributed by atoms with Gasteiger partial charge in [-0.05, 0) is 52.9 Å². The van der Waals surface area contributed by atoms with E-state index in [0.717, 1.165) is 6.42 Å². The van der Waals surface area contributed by atoms with Crippen molar-refractivity contribution in [2.24, 2.45) is 5.92 Å². The van der Waals surface area contributed by atoms with E-state index in [1.54, 1.807) is 0 Å². The third-order valence-corrected chi connectivity index (χ3v) is 5.09. The molecule has 0 saturated heterocycles. The Morgan fingerprint density at radius 3 is 2.07 bits per heavy atom. The summed E-state index contributed by atoms with van der Waals surface area (Å²) in [5.41, 5.74) is -0.913. The molecule has 27 heavy (non-hydrogen) atoms. The van der Waals surface area contributed by atoms with Gasteiger partial charge < -0.3 is 14.2 Å². The van der Waals surface area contributed by atoms with Crippen LogP contribution in [0, 0.1) is 5.92 Å². The van der Waals surface area contributed by atoms with Crippen LogP contribution in [0.4, 0.5) is 0 Å². The monoisotopic (exact) mass is 386 g/mol. The maximum Gasteiger partial charge on any atom is 0.337 e. The molecule has 162 valence electrons. The third-order valence-electron chi connectivity index (χ3n) is 5.09. The smallest absolute Gasteiger partial charge is 0.337 e. The molecule has 3 unspecified atom stereocenters. The van der Waals surface area contributed by atoms with Gasteiger partial charge >= 0.3 is 5.97 Å². The number of esters is 1. The fraction of sp³-hybridized carbons (Fsp3) is 0.957. The summed E-state index contributed by atoms with van der Waals surface area (Å²) in [6.45, 7) is 15.0. The van der Waals surface area contributed by atoms with Crippen molar-refractivity contribution >= 4 is 5.97 Å². The van der Waals surface area contributed by atoms with Crippen LogP contribution < -0.4 is 0 Å². The lowest BCUT2D eigenvalue weighted by atomic mass is 9.95. The topological polar surface area (TPSA) is 44.8 Å². The Hall–Kier alpha value is -0.610. The maximum atomic E-state index is 12.4. The number of ether oxygens (including phenoxy) is 3. The molecule has 4 nitrogen and oxygen atoms in total. The van der Waals surface area contributed by atoms with E-state index in [4.69, 9.17) is 14.2 Å². The van der Waals surface area contributed by atoms with Gasteiger partial charge in [0.25, 0.3) is 0 Å². The second kappa shape index (κ2) is 15.3. The van der Waals surface area contributed by atoms with E-state index in [0.29, 0.717) is 12.5 Å². The lowest BCUT2D eigenvalue weighted by Gasteiger charge is -2.27. The van der Waals surface area contributed by atoms with E-state index in [9.17, 15) is 4.79 Å². The highest BCUT2D eigenvalue weighted by Gasteiger charge is 2.31. The van der Waals surface area contributed by atoms with Crippen molar-refractivity contribution in [3.63, 3.8) is 0 Å². The number of rotatable bonds is 17. The molecule has 0 saturated carbocycles. The Morgan fingerprint density at radius 1 is 0.852 bits per heavy atom. The highest BCUT2D eigenvalue weighted by molar-refractivity contribution is 5.78. The summed E-state index contributed by atoms with van der Waals surface area (Å²) >= 11 is 0. The highest BCUT2D eigenvalue weighted by atomic mass is 16.6. The summed E-state index contributed by atoms with van der Waals surface area (Å²) in [5, 5.41) is 0. The van der Waals surface area contributed by atoms with Gasteiger partial charge in [0.2, 0.25) is 0 Å². The fourth-order valence-corrected chi connectivity index (χ4v) is 2.95. The molecule has 0 fully saturated rings. The van der Waals surface area contributed by atoms with Gasteiger partial charge in [0.15, 0.2) is 5.60 Å². The van der Waals surface area contributed by atoms with Crippen molar-refractivity contribution in [2.45, 2.75) is 124 Å². The van der Waals surface area contributed by atoms with Crippen LogP contribution in [0.3, 0.4) is 0 Å². The summed E-state index contributed by atoms with van der Waals surface area (Å²) in [4.78, 5) is 12.4. The van der Waals surface area contributed by atoms with Crippen LogP contribution in [0.15, 0.2) is 0 Å². The highest BCUT2D eigenvalue weighted by Crippen LogP contribution is 2.21. The van der Waals surface area contributed by atoms with E-state index >= 15 is 0 Å². The molecular formula is C23H46O4. The van der Waals surface area contributed by atoms with E-state index in [-0.39, 0.29) is 24.8 Å². The zero-order chi connectivity index (χ0) is 20.7. The van der Waals surface area contributed by atoms with Gasteiger partial charge in [-0.3, -0.25) is 0 Å². The maximum absolute atomic E-state index is 12.4. The van der Waals surface area contributed by atoms with Gasteiger partial charge in [0.05, 0.1) is 18.8 Å². The number of carbonyl (C=O) groups excluding carboxylic acids is 1. The summed E-state index contributed by atoms with van der Waals surface area (Å²) < 4.78 is 17.2. The molecule has 0 rings (SSSR count). The molecule has 0 aromatic carbocycles. The van der Waals surface area contributed by atoms with Crippen LogP contribution >= 0.6 is 0 Å². The normalized spacial score (nSPS) is 15.4. The Bertz CT molecular complexity index is 367. The third kappa shape index (κ3) is 13.2. The summed E-state index contributed by atoms with van der Waals surface area (Å²) in [7, 11) is 0. The molecule has 0 aliphatic rings. The molecule has 3 atom stereocenters. The lowest BCUT2D eigenvalue weighted by molar-refractivity contribution is -0.174. The standard InChI is InChI=1S/C23H46O4/c1-8-11-13-14-16-21(15-12-9-2)18-26-23(6,7)22(24)25-17-20(5)27-19(4)10-3/h19-21H,8-18H2,1-7H3. The molecule has 0 amide bonds. The molecule has 0 N–H and O–H groups in total. The first-order valence-corrected chi connectivity index (χ1v) is 11.2. The van der Waals surface area contributed by atoms with Crippen LogP contribution in [-0.4, -0.2) is 37.0 Å². The minimum Gasteiger partial charge on any atom is -0.461 e. The van der Waals surface area contributed by atoms with Crippen molar-refractivity contribution in [3.05, 3.63) is 0 Å². The predicted octanol–water partition coefficient (Wildman–Crippen LogP) is 6.31. The van der Waals surface area contributed by atoms with Crippen molar-refractivity contribution < 1.29 is 19.0 Å². The molecule has 4 heteroatoms. The molecule has 0 aromatic rings. The summed E-state index contributed by atoms with van der Waals surface area (Å²) in [6.07, 6.45) is 10.9. The Morgan fingerprint density at radius 2 is 1.48 bits per heavy atom. The minimum absolute atomic E-state index is 0.101. The minimum atomic E-state index is -0.913. The van der Waals surface area contributed by atoms with E-state index in [1.807, 2.05) is 27.7 Å². The Balaban J connectivity index is 4.37. The van der Waals surface area contributed by atoms with E-state index < -0.39 is 5.60 Å². The second-order valence-corrected chi connectivity index (χ2v) is 8.44. The first-order valence-electron chi connectivity index (χ1n) is 11.2. The molecular weight excluding hydrogens is 340 g/mol. The molecule has 0 bridgehead atoms. The van der Waals surface area contributed by atoms with Crippen molar-refractivity contribution in [1.29, 1.82) is 0 Å². The van der Waals surface area contributed by atoms with Crippen LogP contribution in [0.25, 0.3) is 0 Å². The van der Waals surface area contributed by atoms with Crippen molar-refractivity contribution in [3.8, 4) is 0 Å². The lowest BCUT2D eigenvalue weighted by Crippen LogP contribution is -2.39. The number of unbranched alkanes of at least 4 members (excludes halogenated alkanes) is 4. The number of hydrogen-bond donors (Lipinski definition) is 0. The van der Waals surface area contributed by atoms with Crippen molar-refractivity contribution in [1.82, 2.24) is 0 Å². The summed E-state index contributed by atoms with van der Waals surface area (Å²) in [5.74, 6) is 0.226. The molecule has 0 aliphatic carbocycles. The summed E-state index contributed by atoms with van der Waals surface area (Å²) in [6, 6.07) is 0. The van der Waals surface area contributed by atoms with Crippen LogP contribution in [0.2, 0.25) is 0 Å². The fourth-order valence-electron chi connectivity index (χ4n) is 2.95. The zero-order valence-electron chi connectivity index (χ0n) is 19.1. The van der Waals surface area contributed by atoms with Gasteiger partial charge in [-0.2, -0.15) is 0 Å². The number of hydrogen-bond acceptors (Lipinski definition) is 4. The molecule has 0 spiro atoms. The zero-order valence-corrected chi connectivity index (χ0v) is 19.1. The van der Waals surface area contributed by atoms with Crippen LogP contribution in [0.5, 0.6) is 0 Å². The van der Waals surface area contributed by atoms with Crippen LogP contribution in [0.1, 0.15) is 106 Å². The average molecular weight is 387 g/mol. The molecule has 0 aromatic heterocycles. The quantitative estimate of drug-likeness (QED) is 0.217. The van der Waals surface area contributed by atoms with Gasteiger partial charge in [-0.25, -0.2) is 4.79 Å². The van der Waals surface area contributed by atoms with Gasteiger partial charge in [-0.1, -0.05) is 59.3 Å². The van der Waals surface area contributed by atoms with Crippen LogP contribution in [-0.2, 0) is 19.0 Å². The van der Waals surface area contributed by atoms with Gasteiger partial charge in [0.1, 0.15) is 6.61 Å². The molecule has 0 heterocycles. The van der Waals surface area contributed by atoms with E-state index in [1.165, 1.54) is 51.4 Å². The molecule has 0 aliphatic heterocycles. The van der Waals surface area contributed by atoms with Crippen molar-refractivity contribution in [2.75, 3.05) is 13.2 Å². The average Bonchev–Trinajstić information content (AvgIpc) is 2.64. The predicted molar refractivity (Wildman–Crippen MR) is 113 cm³/mol. The van der Waals surface area contributed by atoms with Gasteiger partial charge in [0, 0.05) is 0 Å². The van der Waals surface area contributed by atoms with Gasteiger partial charge in [-0.15, -0.1) is 0 Å². The SMILES string of the molecule is CCCCCCC(CCCC)COC(C)(C)C(=O)OCC(C)OC(C)CC. The first kappa shape index (κ1) is 26.4. The first-order chi connectivity index (χ1) is 12.8. The largest absolute Gasteiger partial charge is 0.461 e. The second-order valence-electron chi connectivity index (χ2n) is 8.44. The van der Waals surface area contributed by atoms with E-state index in [2.05, 4.69) is 20.8 Å².